The van der Waals surface area contributed by atoms with Crippen molar-refractivity contribution in [3.63, 3.8) is 0 Å². The molecular weight excluding hydrogens is 483 g/mol. The highest BCUT2D eigenvalue weighted by molar-refractivity contribution is 6.01. The third-order valence-electron chi connectivity index (χ3n) is 8.99. The SMILES string of the molecule is O=C1CCC(Nc2ccc(N3CCN(CC4CCC5(CC4)CN(c4cccnc4)C5)CC3)c(F)c2)C(=O)N1. The van der Waals surface area contributed by atoms with Gasteiger partial charge in [0.15, 0.2) is 0 Å². The number of hydrogen-bond acceptors (Lipinski definition) is 7. The zero-order valence-electron chi connectivity index (χ0n) is 21.9. The monoisotopic (exact) mass is 520 g/mol. The van der Waals surface area contributed by atoms with Crippen molar-refractivity contribution in [3.05, 3.63) is 48.5 Å². The summed E-state index contributed by atoms with van der Waals surface area (Å²) < 4.78 is 15.0. The normalized spacial score (nSPS) is 24.3. The summed E-state index contributed by atoms with van der Waals surface area (Å²) in [4.78, 5) is 34.7. The number of piperidine rings is 1. The Morgan fingerprint density at radius 2 is 1.82 bits per heavy atom. The van der Waals surface area contributed by atoms with Gasteiger partial charge in [0.2, 0.25) is 11.8 Å². The van der Waals surface area contributed by atoms with Crippen LogP contribution in [0.5, 0.6) is 0 Å². The second kappa shape index (κ2) is 10.5. The maximum Gasteiger partial charge on any atom is 0.249 e. The van der Waals surface area contributed by atoms with Crippen molar-refractivity contribution in [2.45, 2.75) is 44.6 Å². The van der Waals surface area contributed by atoms with Crippen LogP contribution >= 0.6 is 0 Å². The maximum absolute atomic E-state index is 15.0. The topological polar surface area (TPSA) is 80.8 Å². The first kappa shape index (κ1) is 25.1. The molecule has 1 spiro atoms. The summed E-state index contributed by atoms with van der Waals surface area (Å²) in [5, 5.41) is 5.39. The molecule has 3 saturated heterocycles. The summed E-state index contributed by atoms with van der Waals surface area (Å²) in [7, 11) is 0. The number of hydrogen-bond donors (Lipinski definition) is 2. The van der Waals surface area contributed by atoms with Gasteiger partial charge in [-0.15, -0.1) is 0 Å². The van der Waals surface area contributed by atoms with E-state index >= 15 is 4.39 Å². The minimum atomic E-state index is -0.513. The van der Waals surface area contributed by atoms with Crippen LogP contribution in [0.25, 0.3) is 0 Å². The molecule has 2 amide bonds. The minimum absolute atomic E-state index is 0.257. The highest BCUT2D eigenvalue weighted by Crippen LogP contribution is 2.47. The molecule has 2 aromatic rings. The minimum Gasteiger partial charge on any atom is -0.374 e. The molecule has 3 aliphatic heterocycles. The number of aromatic nitrogens is 1. The molecule has 2 N–H and O–H groups in total. The largest absolute Gasteiger partial charge is 0.374 e. The predicted octanol–water partition coefficient (Wildman–Crippen LogP) is 3.26. The third-order valence-corrected chi connectivity index (χ3v) is 8.99. The van der Waals surface area contributed by atoms with Crippen molar-refractivity contribution in [1.82, 2.24) is 15.2 Å². The highest BCUT2D eigenvalue weighted by Gasteiger charge is 2.45. The molecule has 1 saturated carbocycles. The van der Waals surface area contributed by atoms with Gasteiger partial charge >= 0.3 is 0 Å². The zero-order chi connectivity index (χ0) is 26.1. The second-order valence-corrected chi connectivity index (χ2v) is 11.6. The number of imide groups is 1. The summed E-state index contributed by atoms with van der Waals surface area (Å²) in [5.41, 5.74) is 2.92. The Bertz CT molecular complexity index is 1150. The van der Waals surface area contributed by atoms with Crippen LogP contribution in [0.2, 0.25) is 0 Å². The van der Waals surface area contributed by atoms with Gasteiger partial charge in [0.25, 0.3) is 0 Å². The van der Waals surface area contributed by atoms with Gasteiger partial charge in [-0.3, -0.25) is 24.8 Å². The maximum atomic E-state index is 15.0. The van der Waals surface area contributed by atoms with E-state index in [1.54, 1.807) is 6.07 Å². The standard InChI is InChI=1S/C29H37FN6O2/c30-24-16-22(32-25-4-6-27(37)33-28(25)38)3-5-26(24)35-14-12-34(13-15-35)18-21-7-9-29(10-8-21)19-36(20-29)23-2-1-11-31-17-23/h1-3,5,11,16-17,21,25,32H,4,6-10,12-15,18-20H2,(H,33,37,38). The Morgan fingerprint density at radius 1 is 1.03 bits per heavy atom. The number of nitrogens with zero attached hydrogens (tertiary/aromatic N) is 4. The molecule has 6 rings (SSSR count). The molecule has 1 aromatic heterocycles. The number of benzene rings is 1. The van der Waals surface area contributed by atoms with E-state index in [1.165, 1.54) is 37.4 Å². The molecule has 1 atom stereocenters. The van der Waals surface area contributed by atoms with Crippen molar-refractivity contribution in [2.75, 3.05) is 60.9 Å². The van der Waals surface area contributed by atoms with Gasteiger partial charge in [-0.1, -0.05) is 0 Å². The number of pyridine rings is 1. The van der Waals surface area contributed by atoms with E-state index in [4.69, 9.17) is 0 Å². The summed E-state index contributed by atoms with van der Waals surface area (Å²) >= 11 is 0. The molecule has 4 fully saturated rings. The Balaban J connectivity index is 0.944. The van der Waals surface area contributed by atoms with Crippen LogP contribution in [0.3, 0.4) is 0 Å². The van der Waals surface area contributed by atoms with Crippen molar-refractivity contribution < 1.29 is 14.0 Å². The summed E-state index contributed by atoms with van der Waals surface area (Å²) in [6.07, 6.45) is 9.76. The molecule has 1 aliphatic carbocycles. The molecule has 1 aromatic carbocycles. The van der Waals surface area contributed by atoms with Crippen LogP contribution in [0.15, 0.2) is 42.7 Å². The highest BCUT2D eigenvalue weighted by atomic mass is 19.1. The molecule has 0 bridgehead atoms. The van der Waals surface area contributed by atoms with E-state index in [9.17, 15) is 9.59 Å². The number of rotatable bonds is 6. The van der Waals surface area contributed by atoms with E-state index in [1.807, 2.05) is 24.5 Å². The number of amides is 2. The Kier molecular flexibility index (Phi) is 6.95. The van der Waals surface area contributed by atoms with Crippen LogP contribution < -0.4 is 20.4 Å². The lowest BCUT2D eigenvalue weighted by molar-refractivity contribution is -0.133. The van der Waals surface area contributed by atoms with Crippen LogP contribution in [0.4, 0.5) is 21.5 Å². The Morgan fingerprint density at radius 3 is 2.50 bits per heavy atom. The van der Waals surface area contributed by atoms with Crippen LogP contribution in [0, 0.1) is 17.2 Å². The first-order valence-electron chi connectivity index (χ1n) is 14.0. The van der Waals surface area contributed by atoms with Gasteiger partial charge in [0, 0.05) is 69.5 Å². The fourth-order valence-corrected chi connectivity index (χ4v) is 6.70. The van der Waals surface area contributed by atoms with Crippen LogP contribution in [-0.4, -0.2) is 73.6 Å². The summed E-state index contributed by atoms with van der Waals surface area (Å²) in [6, 6.07) is 8.74. The van der Waals surface area contributed by atoms with E-state index in [0.29, 0.717) is 29.6 Å². The second-order valence-electron chi connectivity index (χ2n) is 11.6. The van der Waals surface area contributed by atoms with E-state index < -0.39 is 6.04 Å². The molecular formula is C29H37FN6O2. The summed E-state index contributed by atoms with van der Waals surface area (Å²) in [5.74, 6) is -0.134. The molecule has 8 nitrogen and oxygen atoms in total. The van der Waals surface area contributed by atoms with E-state index in [-0.39, 0.29) is 17.6 Å². The Hall–Kier alpha value is -3.20. The van der Waals surface area contributed by atoms with Crippen molar-refractivity contribution in [1.29, 1.82) is 0 Å². The van der Waals surface area contributed by atoms with Gasteiger partial charge in [0.05, 0.1) is 17.6 Å². The molecule has 38 heavy (non-hydrogen) atoms. The average molecular weight is 521 g/mol. The average Bonchev–Trinajstić information content (AvgIpc) is 2.91. The third kappa shape index (κ3) is 5.34. The van der Waals surface area contributed by atoms with Crippen LogP contribution in [-0.2, 0) is 9.59 Å². The predicted molar refractivity (Wildman–Crippen MR) is 146 cm³/mol. The number of carbonyl (C=O) groups is 2. The van der Waals surface area contributed by atoms with E-state index in [2.05, 4.69) is 36.4 Å². The van der Waals surface area contributed by atoms with Crippen LogP contribution in [0.1, 0.15) is 38.5 Å². The number of piperazine rings is 1. The molecule has 202 valence electrons. The number of halogens is 1. The zero-order valence-corrected chi connectivity index (χ0v) is 21.9. The van der Waals surface area contributed by atoms with Gasteiger partial charge in [-0.25, -0.2) is 4.39 Å². The lowest BCUT2D eigenvalue weighted by Gasteiger charge is -2.54. The van der Waals surface area contributed by atoms with Crippen molar-refractivity contribution >= 4 is 28.9 Å². The molecule has 4 aliphatic rings. The number of nitrogens with one attached hydrogen (secondary N) is 2. The molecule has 1 unspecified atom stereocenters. The van der Waals surface area contributed by atoms with E-state index in [0.717, 1.165) is 51.7 Å². The van der Waals surface area contributed by atoms with Crippen molar-refractivity contribution in [3.8, 4) is 0 Å². The lowest BCUT2D eigenvalue weighted by atomic mass is 9.65. The smallest absolute Gasteiger partial charge is 0.249 e. The van der Waals surface area contributed by atoms with Gasteiger partial charge < -0.3 is 15.1 Å². The first-order chi connectivity index (χ1) is 18.5. The van der Waals surface area contributed by atoms with Gasteiger partial charge in [-0.05, 0) is 68.4 Å². The number of carbonyl (C=O) groups excluding carboxylic acids is 2. The molecule has 0 radical (unpaired) electrons. The van der Waals surface area contributed by atoms with Gasteiger partial charge in [-0.2, -0.15) is 0 Å². The fraction of sp³-hybridized carbons (Fsp3) is 0.552. The summed E-state index contributed by atoms with van der Waals surface area (Å²) in [6.45, 7) is 7.00. The Labute approximate surface area is 223 Å². The van der Waals surface area contributed by atoms with Gasteiger partial charge in [0.1, 0.15) is 11.9 Å². The lowest BCUT2D eigenvalue weighted by Crippen LogP contribution is -2.58. The van der Waals surface area contributed by atoms with Crippen molar-refractivity contribution in [2.24, 2.45) is 11.3 Å². The first-order valence-corrected chi connectivity index (χ1v) is 14.0. The molecule has 4 heterocycles. The fourth-order valence-electron chi connectivity index (χ4n) is 6.70. The quantitative estimate of drug-likeness (QED) is 0.566. The molecule has 9 heteroatoms. The number of anilines is 3.